The number of aromatic nitrogens is 4. The molecule has 1 heterocycles. The molecule has 2 aromatic rings. The molecular weight excluding hydrogens is 366 g/mol. The van der Waals surface area contributed by atoms with E-state index in [1.807, 2.05) is 32.2 Å². The van der Waals surface area contributed by atoms with Crippen LogP contribution in [0.1, 0.15) is 44.0 Å². The molecule has 1 aromatic carbocycles. The average molecular weight is 392 g/mol. The van der Waals surface area contributed by atoms with Crippen LogP contribution >= 0.6 is 11.6 Å². The van der Waals surface area contributed by atoms with Crippen LogP contribution in [0.15, 0.2) is 18.2 Å². The number of tetrazole rings is 1. The number of nitrogens with zero attached hydrogens (tertiary/aromatic N) is 5. The van der Waals surface area contributed by atoms with Crippen molar-refractivity contribution in [1.29, 1.82) is 0 Å². The summed E-state index contributed by atoms with van der Waals surface area (Å²) in [5.41, 5.74) is 1.21. The maximum atomic E-state index is 12.7. The van der Waals surface area contributed by atoms with Gasteiger partial charge in [0.15, 0.2) is 5.82 Å². The second-order valence-corrected chi connectivity index (χ2v) is 7.85. The normalized spacial score (nSPS) is 22.6. The van der Waals surface area contributed by atoms with Crippen LogP contribution in [0.5, 0.6) is 0 Å². The van der Waals surface area contributed by atoms with E-state index in [1.54, 1.807) is 9.58 Å². The summed E-state index contributed by atoms with van der Waals surface area (Å²) in [7, 11) is 3.35. The van der Waals surface area contributed by atoms with Crippen molar-refractivity contribution < 1.29 is 9.53 Å². The summed E-state index contributed by atoms with van der Waals surface area (Å²) in [5.74, 6) is 1.20. The molecule has 1 saturated carbocycles. The third kappa shape index (κ3) is 3.71. The second kappa shape index (κ2) is 7.94. The topological polar surface area (TPSA) is 73.1 Å². The van der Waals surface area contributed by atoms with E-state index in [1.165, 1.54) is 7.11 Å². The zero-order valence-corrected chi connectivity index (χ0v) is 17.0. The minimum absolute atomic E-state index is 0.0335. The molecule has 3 rings (SSSR count). The molecule has 0 N–H and O–H groups in total. The van der Waals surface area contributed by atoms with E-state index in [-0.39, 0.29) is 12.5 Å². The Morgan fingerprint density at radius 2 is 2.11 bits per heavy atom. The number of ether oxygens (including phenoxy) is 1. The van der Waals surface area contributed by atoms with Crippen LogP contribution in [-0.2, 0) is 15.1 Å². The predicted molar refractivity (Wildman–Crippen MR) is 103 cm³/mol. The van der Waals surface area contributed by atoms with Crippen molar-refractivity contribution in [2.45, 2.75) is 45.1 Å². The first kappa shape index (κ1) is 19.8. The molecule has 1 aliphatic carbocycles. The van der Waals surface area contributed by atoms with Crippen molar-refractivity contribution in [2.75, 3.05) is 20.8 Å². The Morgan fingerprint density at radius 1 is 1.41 bits per heavy atom. The Morgan fingerprint density at radius 3 is 2.74 bits per heavy atom. The average Bonchev–Trinajstić information content (AvgIpc) is 3.15. The van der Waals surface area contributed by atoms with E-state index in [2.05, 4.69) is 22.4 Å². The van der Waals surface area contributed by atoms with E-state index < -0.39 is 5.54 Å². The molecule has 8 heteroatoms. The highest BCUT2D eigenvalue weighted by Crippen LogP contribution is 2.43. The summed E-state index contributed by atoms with van der Waals surface area (Å²) in [5, 5.41) is 13.1. The molecule has 146 valence electrons. The third-order valence-electron chi connectivity index (χ3n) is 5.67. The fourth-order valence-electron chi connectivity index (χ4n) is 3.77. The van der Waals surface area contributed by atoms with Crippen molar-refractivity contribution >= 4 is 17.5 Å². The Balaban J connectivity index is 2.07. The smallest absolute Gasteiger partial charge is 0.249 e. The lowest BCUT2D eigenvalue weighted by atomic mass is 9.75. The SMILES string of the molecule is COCC(=O)N(C)C1(c2nnnn2-c2ccc(C)c(Cl)c2)CCC(C)CC1. The number of aryl methyl sites for hydroxylation is 1. The molecule has 0 saturated heterocycles. The van der Waals surface area contributed by atoms with Gasteiger partial charge in [0.25, 0.3) is 0 Å². The molecule has 0 unspecified atom stereocenters. The first-order valence-electron chi connectivity index (χ1n) is 9.20. The van der Waals surface area contributed by atoms with Crippen LogP contribution in [-0.4, -0.2) is 51.8 Å². The summed E-state index contributed by atoms with van der Waals surface area (Å²) in [4.78, 5) is 14.4. The molecule has 7 nitrogen and oxygen atoms in total. The number of hydrogen-bond acceptors (Lipinski definition) is 5. The van der Waals surface area contributed by atoms with Gasteiger partial charge >= 0.3 is 0 Å². The van der Waals surface area contributed by atoms with Gasteiger partial charge in [-0.3, -0.25) is 4.79 Å². The minimum Gasteiger partial charge on any atom is -0.375 e. The summed E-state index contributed by atoms with van der Waals surface area (Å²) < 4.78 is 6.78. The molecule has 0 radical (unpaired) electrons. The van der Waals surface area contributed by atoms with E-state index in [9.17, 15) is 4.79 Å². The molecule has 1 amide bonds. The van der Waals surface area contributed by atoms with Crippen molar-refractivity contribution in [3.8, 4) is 5.69 Å². The van der Waals surface area contributed by atoms with Crippen LogP contribution < -0.4 is 0 Å². The van der Waals surface area contributed by atoms with Crippen LogP contribution in [0.4, 0.5) is 0 Å². The number of carbonyl (C=O) groups excluding carboxylic acids is 1. The maximum absolute atomic E-state index is 12.7. The zero-order valence-electron chi connectivity index (χ0n) is 16.3. The molecule has 0 spiro atoms. The summed E-state index contributed by atoms with van der Waals surface area (Å²) in [6, 6.07) is 5.74. The highest BCUT2D eigenvalue weighted by molar-refractivity contribution is 6.31. The van der Waals surface area contributed by atoms with E-state index >= 15 is 0 Å². The fraction of sp³-hybridized carbons (Fsp3) is 0.579. The predicted octanol–water partition coefficient (Wildman–Crippen LogP) is 3.13. The van der Waals surface area contributed by atoms with Gasteiger partial charge in [0.1, 0.15) is 12.1 Å². The monoisotopic (exact) mass is 391 g/mol. The lowest BCUT2D eigenvalue weighted by Gasteiger charge is -2.44. The lowest BCUT2D eigenvalue weighted by molar-refractivity contribution is -0.142. The largest absolute Gasteiger partial charge is 0.375 e. The maximum Gasteiger partial charge on any atom is 0.249 e. The van der Waals surface area contributed by atoms with Gasteiger partial charge in [-0.2, -0.15) is 4.68 Å². The second-order valence-electron chi connectivity index (χ2n) is 7.45. The number of carbonyl (C=O) groups is 1. The van der Waals surface area contributed by atoms with Gasteiger partial charge in [-0.25, -0.2) is 0 Å². The Hall–Kier alpha value is -1.99. The number of methoxy groups -OCH3 is 1. The van der Waals surface area contributed by atoms with E-state index in [0.29, 0.717) is 16.8 Å². The number of likely N-dealkylation sites (N-methyl/N-ethyl adjacent to an activating group) is 1. The van der Waals surface area contributed by atoms with Gasteiger partial charge in [0.05, 0.1) is 5.69 Å². The highest BCUT2D eigenvalue weighted by atomic mass is 35.5. The number of benzene rings is 1. The zero-order chi connectivity index (χ0) is 19.6. The molecule has 1 aliphatic rings. The Labute approximate surface area is 164 Å². The minimum atomic E-state index is -0.566. The van der Waals surface area contributed by atoms with Gasteiger partial charge in [0.2, 0.25) is 5.91 Å². The van der Waals surface area contributed by atoms with E-state index in [0.717, 1.165) is 36.9 Å². The molecule has 0 atom stereocenters. The highest BCUT2D eigenvalue weighted by Gasteiger charge is 2.45. The first-order valence-corrected chi connectivity index (χ1v) is 9.58. The number of rotatable bonds is 5. The molecule has 1 fully saturated rings. The van der Waals surface area contributed by atoms with Gasteiger partial charge < -0.3 is 9.64 Å². The first-order chi connectivity index (χ1) is 12.9. The van der Waals surface area contributed by atoms with E-state index in [4.69, 9.17) is 16.3 Å². The van der Waals surface area contributed by atoms with Crippen LogP contribution in [0.2, 0.25) is 5.02 Å². The van der Waals surface area contributed by atoms with Crippen LogP contribution in [0, 0.1) is 12.8 Å². The van der Waals surface area contributed by atoms with Gasteiger partial charge in [0, 0.05) is 19.2 Å². The molecule has 0 bridgehead atoms. The van der Waals surface area contributed by atoms with Gasteiger partial charge in [-0.1, -0.05) is 24.6 Å². The lowest BCUT2D eigenvalue weighted by Crippen LogP contribution is -2.51. The molecule has 1 aromatic heterocycles. The van der Waals surface area contributed by atoms with Crippen molar-refractivity contribution in [3.63, 3.8) is 0 Å². The van der Waals surface area contributed by atoms with Crippen molar-refractivity contribution in [3.05, 3.63) is 34.6 Å². The standard InChI is InChI=1S/C19H26ClN5O2/c1-13-7-9-19(10-8-13,24(3)17(26)12-27-4)18-21-22-23-25(18)15-6-5-14(2)16(20)11-15/h5-6,11,13H,7-10,12H2,1-4H3. The van der Waals surface area contributed by atoms with Gasteiger partial charge in [-0.15, -0.1) is 5.10 Å². The summed E-state index contributed by atoms with van der Waals surface area (Å²) >= 11 is 6.31. The summed E-state index contributed by atoms with van der Waals surface area (Å²) in [6.07, 6.45) is 3.62. The third-order valence-corrected chi connectivity index (χ3v) is 6.08. The molecular formula is C19H26ClN5O2. The number of halogens is 1. The quantitative estimate of drug-likeness (QED) is 0.782. The Kier molecular flexibility index (Phi) is 5.81. The number of amides is 1. The Bertz CT molecular complexity index is 814. The molecule has 0 aliphatic heterocycles. The van der Waals surface area contributed by atoms with Crippen molar-refractivity contribution in [2.24, 2.45) is 5.92 Å². The van der Waals surface area contributed by atoms with Crippen LogP contribution in [0.25, 0.3) is 5.69 Å². The summed E-state index contributed by atoms with van der Waals surface area (Å²) in [6.45, 7) is 4.23. The molecule has 27 heavy (non-hydrogen) atoms. The van der Waals surface area contributed by atoms with Crippen LogP contribution in [0.3, 0.4) is 0 Å². The van der Waals surface area contributed by atoms with Crippen molar-refractivity contribution in [1.82, 2.24) is 25.1 Å². The number of hydrogen-bond donors (Lipinski definition) is 0. The van der Waals surface area contributed by atoms with Gasteiger partial charge in [-0.05, 0) is 66.6 Å². The fourth-order valence-corrected chi connectivity index (χ4v) is 3.95.